The number of hydrazine groups is 1. The summed E-state index contributed by atoms with van der Waals surface area (Å²) in [7, 11) is 0. The molecule has 0 rings (SSSR count). The van der Waals surface area contributed by atoms with Crippen molar-refractivity contribution in [1.29, 1.82) is 5.26 Å². The van der Waals surface area contributed by atoms with Gasteiger partial charge in [0, 0.05) is 6.54 Å². The van der Waals surface area contributed by atoms with Gasteiger partial charge >= 0.3 is 0 Å². The highest BCUT2D eigenvalue weighted by atomic mass is 15.4. The number of rotatable bonds is 2. The lowest BCUT2D eigenvalue weighted by molar-refractivity contribution is 0.337. The molecule has 2 N–H and O–H groups in total. The molecule has 0 amide bonds. The summed E-state index contributed by atoms with van der Waals surface area (Å²) in [5, 5.41) is 9.44. The smallest absolute Gasteiger partial charge is 0.1000 e. The van der Waals surface area contributed by atoms with Gasteiger partial charge in [0.25, 0.3) is 0 Å². The zero-order valence-electron chi connectivity index (χ0n) is 4.39. The number of nitriles is 1. The Labute approximate surface area is 43.3 Å². The molecule has 0 bridgehead atoms. The summed E-state index contributed by atoms with van der Waals surface area (Å²) in [6, 6.07) is 1.92. The fourth-order valence-electron chi connectivity index (χ4n) is 0.203. The van der Waals surface area contributed by atoms with Gasteiger partial charge in [-0.15, -0.1) is 0 Å². The molecule has 0 aliphatic carbocycles. The van der Waals surface area contributed by atoms with Gasteiger partial charge in [-0.25, -0.2) is 5.01 Å². The quantitative estimate of drug-likeness (QED) is 0.294. The Morgan fingerprint density at radius 2 is 2.43 bits per heavy atom. The van der Waals surface area contributed by atoms with Crippen LogP contribution in [0.1, 0.15) is 6.92 Å². The van der Waals surface area contributed by atoms with Gasteiger partial charge in [-0.1, -0.05) is 6.92 Å². The monoisotopic (exact) mass is 99.1 g/mol. The second-order valence-electron chi connectivity index (χ2n) is 1.22. The molecule has 0 aliphatic rings. The molecular formula is C4H9N3. The zero-order valence-corrected chi connectivity index (χ0v) is 4.39. The Bertz CT molecular complexity index is 73.5. The van der Waals surface area contributed by atoms with E-state index in [1.54, 1.807) is 0 Å². The van der Waals surface area contributed by atoms with Crippen molar-refractivity contribution in [1.82, 2.24) is 5.01 Å². The van der Waals surface area contributed by atoms with E-state index >= 15 is 0 Å². The maximum absolute atomic E-state index is 8.00. The van der Waals surface area contributed by atoms with Crippen LogP contribution in [-0.4, -0.2) is 18.1 Å². The average molecular weight is 99.1 g/mol. The van der Waals surface area contributed by atoms with Crippen molar-refractivity contribution in [3.63, 3.8) is 0 Å². The maximum atomic E-state index is 8.00. The maximum Gasteiger partial charge on any atom is 0.1000 e. The average Bonchev–Trinajstić information content (AvgIpc) is 1.68. The standard InChI is InChI=1S/C4H9N3/c1-2-7(6)4-3-5/h2,4,6H2,1H3. The number of nitrogens with two attached hydrogens (primary N) is 1. The molecule has 0 unspecified atom stereocenters. The molecule has 0 aromatic carbocycles. The lowest BCUT2D eigenvalue weighted by atomic mass is 10.6. The van der Waals surface area contributed by atoms with Crippen molar-refractivity contribution in [2.24, 2.45) is 5.84 Å². The highest BCUT2D eigenvalue weighted by Crippen LogP contribution is 1.69. The van der Waals surface area contributed by atoms with Crippen molar-refractivity contribution in [3.8, 4) is 6.07 Å². The first-order chi connectivity index (χ1) is 3.31. The zero-order chi connectivity index (χ0) is 5.70. The van der Waals surface area contributed by atoms with E-state index in [1.807, 2.05) is 13.0 Å². The van der Waals surface area contributed by atoms with E-state index in [0.717, 1.165) is 6.54 Å². The third-order valence-electron chi connectivity index (χ3n) is 0.680. The van der Waals surface area contributed by atoms with Crippen LogP contribution in [0, 0.1) is 11.3 Å². The minimum absolute atomic E-state index is 0.316. The largest absolute Gasteiger partial charge is 0.268 e. The van der Waals surface area contributed by atoms with Crippen molar-refractivity contribution in [3.05, 3.63) is 0 Å². The molecule has 3 heteroatoms. The first-order valence-corrected chi connectivity index (χ1v) is 2.17. The third kappa shape index (κ3) is 3.23. The molecule has 0 fully saturated rings. The summed E-state index contributed by atoms with van der Waals surface area (Å²) in [4.78, 5) is 0. The third-order valence-corrected chi connectivity index (χ3v) is 0.680. The fraction of sp³-hybridized carbons (Fsp3) is 0.750. The molecule has 0 aromatic heterocycles. The summed E-state index contributed by atoms with van der Waals surface area (Å²) < 4.78 is 0. The van der Waals surface area contributed by atoms with Crippen LogP contribution in [0.2, 0.25) is 0 Å². The number of nitrogens with zero attached hydrogens (tertiary/aromatic N) is 2. The van der Waals surface area contributed by atoms with Crippen molar-refractivity contribution >= 4 is 0 Å². The van der Waals surface area contributed by atoms with Gasteiger partial charge in [-0.3, -0.25) is 5.84 Å². The topological polar surface area (TPSA) is 53.0 Å². The first kappa shape index (κ1) is 6.41. The van der Waals surface area contributed by atoms with E-state index in [0.29, 0.717) is 6.54 Å². The van der Waals surface area contributed by atoms with Crippen LogP contribution in [0.15, 0.2) is 0 Å². The van der Waals surface area contributed by atoms with Gasteiger partial charge in [0.1, 0.15) is 0 Å². The van der Waals surface area contributed by atoms with Gasteiger partial charge in [0.05, 0.1) is 12.6 Å². The van der Waals surface area contributed by atoms with E-state index < -0.39 is 0 Å². The molecule has 0 aromatic rings. The van der Waals surface area contributed by atoms with Crippen LogP contribution in [0.3, 0.4) is 0 Å². The Balaban J connectivity index is 3.03. The molecule has 0 aliphatic heterocycles. The highest BCUT2D eigenvalue weighted by Gasteiger charge is 1.87. The van der Waals surface area contributed by atoms with Crippen LogP contribution in [-0.2, 0) is 0 Å². The Morgan fingerprint density at radius 3 is 2.57 bits per heavy atom. The van der Waals surface area contributed by atoms with Crippen molar-refractivity contribution in [2.75, 3.05) is 13.1 Å². The minimum atomic E-state index is 0.316. The Hall–Kier alpha value is -0.590. The first-order valence-electron chi connectivity index (χ1n) is 2.17. The predicted molar refractivity (Wildman–Crippen MR) is 27.0 cm³/mol. The fourth-order valence-corrected chi connectivity index (χ4v) is 0.203. The van der Waals surface area contributed by atoms with Crippen molar-refractivity contribution in [2.45, 2.75) is 6.92 Å². The second-order valence-corrected chi connectivity index (χ2v) is 1.22. The highest BCUT2D eigenvalue weighted by molar-refractivity contribution is 4.71. The molecule has 0 saturated heterocycles. The lowest BCUT2D eigenvalue weighted by Crippen LogP contribution is -2.30. The van der Waals surface area contributed by atoms with E-state index in [9.17, 15) is 0 Å². The van der Waals surface area contributed by atoms with E-state index in [1.165, 1.54) is 5.01 Å². The molecule has 0 heterocycles. The van der Waals surface area contributed by atoms with Gasteiger partial charge in [-0.2, -0.15) is 5.26 Å². The lowest BCUT2D eigenvalue weighted by Gasteiger charge is -2.05. The van der Waals surface area contributed by atoms with Gasteiger partial charge in [0.2, 0.25) is 0 Å². The Kier molecular flexibility index (Phi) is 3.29. The van der Waals surface area contributed by atoms with Crippen LogP contribution in [0.5, 0.6) is 0 Å². The van der Waals surface area contributed by atoms with Gasteiger partial charge in [0.15, 0.2) is 0 Å². The van der Waals surface area contributed by atoms with E-state index in [2.05, 4.69) is 0 Å². The molecule has 0 spiro atoms. The van der Waals surface area contributed by atoms with Gasteiger partial charge in [-0.05, 0) is 0 Å². The molecule has 0 atom stereocenters. The van der Waals surface area contributed by atoms with Crippen LogP contribution in [0.25, 0.3) is 0 Å². The molecule has 7 heavy (non-hydrogen) atoms. The van der Waals surface area contributed by atoms with Crippen LogP contribution < -0.4 is 5.84 Å². The molecule has 40 valence electrons. The molecule has 0 radical (unpaired) electrons. The molecular weight excluding hydrogens is 90.1 g/mol. The summed E-state index contributed by atoms with van der Waals surface area (Å²) in [6.07, 6.45) is 0. The molecule has 3 nitrogen and oxygen atoms in total. The van der Waals surface area contributed by atoms with Crippen LogP contribution in [0.4, 0.5) is 0 Å². The van der Waals surface area contributed by atoms with Gasteiger partial charge < -0.3 is 0 Å². The normalized spacial score (nSPS) is 8.86. The predicted octanol–water partition coefficient (Wildman–Crippen LogP) is -0.294. The van der Waals surface area contributed by atoms with E-state index in [-0.39, 0.29) is 0 Å². The Morgan fingerprint density at radius 1 is 1.86 bits per heavy atom. The SMILES string of the molecule is CCN(N)CC#N. The number of hydrogen-bond acceptors (Lipinski definition) is 3. The summed E-state index contributed by atoms with van der Waals surface area (Å²) in [6.45, 7) is 2.95. The molecule has 0 saturated carbocycles. The van der Waals surface area contributed by atoms with E-state index in [4.69, 9.17) is 11.1 Å². The number of hydrogen-bond donors (Lipinski definition) is 1. The summed E-state index contributed by atoms with van der Waals surface area (Å²) in [5.74, 6) is 5.19. The minimum Gasteiger partial charge on any atom is -0.268 e. The van der Waals surface area contributed by atoms with Crippen LogP contribution >= 0.6 is 0 Å². The second kappa shape index (κ2) is 3.59. The van der Waals surface area contributed by atoms with Crippen molar-refractivity contribution < 1.29 is 0 Å². The summed E-state index contributed by atoms with van der Waals surface area (Å²) >= 11 is 0. The summed E-state index contributed by atoms with van der Waals surface area (Å²) in [5.41, 5.74) is 0.